The molecule has 1 aromatic carbocycles. The first-order valence-corrected chi connectivity index (χ1v) is 8.69. The topological polar surface area (TPSA) is 74.6 Å². The van der Waals surface area contributed by atoms with Crippen LogP contribution < -0.4 is 0 Å². The monoisotopic (exact) mass is 300 g/mol. The molecule has 0 heterocycles. The summed E-state index contributed by atoms with van der Waals surface area (Å²) < 4.78 is 31.7. The van der Waals surface area contributed by atoms with Crippen LogP contribution in [0.5, 0.6) is 5.75 Å². The van der Waals surface area contributed by atoms with Gasteiger partial charge in [-0.2, -0.15) is 8.42 Å². The van der Waals surface area contributed by atoms with Gasteiger partial charge in [0.15, 0.2) is 0 Å². The largest absolute Gasteiger partial charge is 0.506 e. The second-order valence-electron chi connectivity index (χ2n) is 5.11. The molecule has 1 aromatic rings. The lowest BCUT2D eigenvalue weighted by Crippen LogP contribution is -2.03. The fourth-order valence-electron chi connectivity index (χ4n) is 2.34. The molecule has 5 heteroatoms. The third-order valence-corrected chi connectivity index (χ3v) is 4.37. The van der Waals surface area contributed by atoms with Gasteiger partial charge in [0.1, 0.15) is 10.6 Å². The van der Waals surface area contributed by atoms with E-state index in [-0.39, 0.29) is 10.6 Å². The van der Waals surface area contributed by atoms with Crippen molar-refractivity contribution in [3.8, 4) is 5.75 Å². The number of aromatic hydroxyl groups is 1. The highest BCUT2D eigenvalue weighted by atomic mass is 32.2. The highest BCUT2D eigenvalue weighted by Crippen LogP contribution is 2.27. The van der Waals surface area contributed by atoms with E-state index in [1.54, 1.807) is 12.1 Å². The summed E-state index contributed by atoms with van der Waals surface area (Å²) in [5.41, 5.74) is 0.487. The molecule has 4 nitrogen and oxygen atoms in total. The van der Waals surface area contributed by atoms with Crippen LogP contribution in [0.25, 0.3) is 0 Å². The lowest BCUT2D eigenvalue weighted by molar-refractivity contribution is 0.440. The van der Waals surface area contributed by atoms with Crippen molar-refractivity contribution in [1.29, 1.82) is 0 Å². The van der Waals surface area contributed by atoms with Gasteiger partial charge in [0, 0.05) is 0 Å². The minimum Gasteiger partial charge on any atom is -0.506 e. The van der Waals surface area contributed by atoms with Crippen LogP contribution in [-0.2, 0) is 16.5 Å². The van der Waals surface area contributed by atoms with E-state index in [1.807, 2.05) is 0 Å². The fourth-order valence-corrected chi connectivity index (χ4v) is 3.17. The van der Waals surface area contributed by atoms with E-state index in [0.717, 1.165) is 19.3 Å². The predicted octanol–water partition coefficient (Wildman–Crippen LogP) is 3.93. The van der Waals surface area contributed by atoms with Crippen LogP contribution in [0.2, 0.25) is 0 Å². The summed E-state index contributed by atoms with van der Waals surface area (Å²) in [7, 11) is -4.37. The highest BCUT2D eigenvalue weighted by Gasteiger charge is 2.19. The van der Waals surface area contributed by atoms with Crippen LogP contribution >= 0.6 is 0 Å². The van der Waals surface area contributed by atoms with Crippen molar-refractivity contribution < 1.29 is 18.1 Å². The number of benzene rings is 1. The van der Waals surface area contributed by atoms with Gasteiger partial charge in [-0.15, -0.1) is 0 Å². The molecule has 0 spiro atoms. The lowest BCUT2D eigenvalue weighted by atomic mass is 10.0. The molecule has 0 aliphatic carbocycles. The molecule has 114 valence electrons. The summed E-state index contributed by atoms with van der Waals surface area (Å²) in [5, 5.41) is 9.59. The van der Waals surface area contributed by atoms with Gasteiger partial charge in [-0.3, -0.25) is 4.55 Å². The number of hydrogen-bond donors (Lipinski definition) is 2. The van der Waals surface area contributed by atoms with Gasteiger partial charge in [-0.05, 0) is 24.5 Å². The Morgan fingerprint density at radius 1 is 1.00 bits per heavy atom. The van der Waals surface area contributed by atoms with Crippen LogP contribution in [0.1, 0.15) is 57.4 Å². The van der Waals surface area contributed by atoms with Crippen molar-refractivity contribution in [1.82, 2.24) is 0 Å². The summed E-state index contributed by atoms with van der Waals surface area (Å²) in [6, 6.07) is 4.51. The van der Waals surface area contributed by atoms with Crippen LogP contribution in [0.3, 0.4) is 0 Å². The number of phenolic OH excluding ortho intramolecular Hbond substituents is 1. The number of phenols is 1. The first-order chi connectivity index (χ1) is 9.46. The molecular weight excluding hydrogens is 276 g/mol. The van der Waals surface area contributed by atoms with Gasteiger partial charge < -0.3 is 5.11 Å². The molecule has 2 N–H and O–H groups in total. The molecular formula is C15H24O4S. The second-order valence-corrected chi connectivity index (χ2v) is 6.47. The van der Waals surface area contributed by atoms with Crippen molar-refractivity contribution in [3.63, 3.8) is 0 Å². The summed E-state index contributed by atoms with van der Waals surface area (Å²) in [6.45, 7) is 2.18. The quantitative estimate of drug-likeness (QED) is 0.535. The van der Waals surface area contributed by atoms with Gasteiger partial charge in [-0.1, -0.05) is 57.6 Å². The molecule has 0 saturated heterocycles. The Morgan fingerprint density at radius 2 is 1.60 bits per heavy atom. The number of hydrogen-bond acceptors (Lipinski definition) is 3. The Labute approximate surface area is 121 Å². The van der Waals surface area contributed by atoms with E-state index in [0.29, 0.717) is 12.0 Å². The Kier molecular flexibility index (Phi) is 7.02. The Morgan fingerprint density at radius 3 is 2.20 bits per heavy atom. The summed E-state index contributed by atoms with van der Waals surface area (Å²) in [5.74, 6) is -0.382. The van der Waals surface area contributed by atoms with Crippen molar-refractivity contribution in [2.45, 2.75) is 63.2 Å². The molecule has 0 aliphatic heterocycles. The third kappa shape index (κ3) is 5.51. The smallest absolute Gasteiger partial charge is 0.298 e. The van der Waals surface area contributed by atoms with Crippen LogP contribution in [0, 0.1) is 0 Å². The molecule has 0 bridgehead atoms. The first kappa shape index (κ1) is 17.0. The van der Waals surface area contributed by atoms with E-state index in [9.17, 15) is 13.5 Å². The van der Waals surface area contributed by atoms with Crippen molar-refractivity contribution in [3.05, 3.63) is 23.8 Å². The maximum atomic E-state index is 11.3. The van der Waals surface area contributed by atoms with Gasteiger partial charge in [0.25, 0.3) is 10.1 Å². The van der Waals surface area contributed by atoms with E-state index in [1.165, 1.54) is 31.7 Å². The Balaban J connectivity index is 2.51. The molecule has 0 atom stereocenters. The fraction of sp³-hybridized carbons (Fsp3) is 0.600. The van der Waals surface area contributed by atoms with Crippen molar-refractivity contribution in [2.24, 2.45) is 0 Å². The number of unbranched alkanes of at least 4 members (excludes halogenated alkanes) is 6. The minimum absolute atomic E-state index is 0.342. The van der Waals surface area contributed by atoms with Crippen LogP contribution in [-0.4, -0.2) is 18.1 Å². The van der Waals surface area contributed by atoms with Gasteiger partial charge in [0.2, 0.25) is 0 Å². The first-order valence-electron chi connectivity index (χ1n) is 7.25. The number of aryl methyl sites for hydroxylation is 1. The van der Waals surface area contributed by atoms with Crippen molar-refractivity contribution >= 4 is 10.1 Å². The van der Waals surface area contributed by atoms with E-state index >= 15 is 0 Å². The Hall–Kier alpha value is -1.07. The predicted molar refractivity (Wildman–Crippen MR) is 79.6 cm³/mol. The molecule has 0 amide bonds. The van der Waals surface area contributed by atoms with E-state index in [4.69, 9.17) is 4.55 Å². The highest BCUT2D eigenvalue weighted by molar-refractivity contribution is 7.86. The van der Waals surface area contributed by atoms with Gasteiger partial charge in [0.05, 0.1) is 0 Å². The summed E-state index contributed by atoms with van der Waals surface area (Å²) >= 11 is 0. The lowest BCUT2D eigenvalue weighted by Gasteiger charge is -2.08. The minimum atomic E-state index is -4.37. The van der Waals surface area contributed by atoms with Crippen LogP contribution in [0.4, 0.5) is 0 Å². The zero-order chi connectivity index (χ0) is 15.0. The average molecular weight is 300 g/mol. The van der Waals surface area contributed by atoms with Gasteiger partial charge in [-0.25, -0.2) is 0 Å². The SMILES string of the molecule is CCCCCCCCCc1cccc(O)c1S(=O)(=O)O. The van der Waals surface area contributed by atoms with Crippen LogP contribution in [0.15, 0.2) is 23.1 Å². The van der Waals surface area contributed by atoms with Gasteiger partial charge >= 0.3 is 0 Å². The third-order valence-electron chi connectivity index (χ3n) is 3.38. The molecule has 0 aliphatic rings. The maximum Gasteiger partial charge on any atom is 0.298 e. The molecule has 1 rings (SSSR count). The summed E-state index contributed by atoms with van der Waals surface area (Å²) in [6.07, 6.45) is 8.53. The van der Waals surface area contributed by atoms with E-state index < -0.39 is 10.1 Å². The van der Waals surface area contributed by atoms with E-state index in [2.05, 4.69) is 6.92 Å². The Bertz CT molecular complexity index is 509. The number of rotatable bonds is 9. The maximum absolute atomic E-state index is 11.3. The van der Waals surface area contributed by atoms with Crippen molar-refractivity contribution in [2.75, 3.05) is 0 Å². The molecule has 0 saturated carbocycles. The zero-order valence-corrected chi connectivity index (χ0v) is 12.8. The zero-order valence-electron chi connectivity index (χ0n) is 12.0. The molecule has 0 unspecified atom stereocenters. The molecule has 20 heavy (non-hydrogen) atoms. The second kappa shape index (κ2) is 8.27. The molecule has 0 radical (unpaired) electrons. The molecule has 0 fully saturated rings. The standard InChI is InChI=1S/C15H24O4S/c1-2-3-4-5-6-7-8-10-13-11-9-12-14(16)15(13)20(17,18)19/h9,11-12,16H,2-8,10H2,1H3,(H,17,18,19). The normalized spacial score (nSPS) is 11.7. The summed E-state index contributed by atoms with van der Waals surface area (Å²) in [4.78, 5) is -0.342. The molecule has 0 aromatic heterocycles. The average Bonchev–Trinajstić information content (AvgIpc) is 2.36.